The van der Waals surface area contributed by atoms with Crippen LogP contribution in [0.15, 0.2) is 36.7 Å². The lowest BCUT2D eigenvalue weighted by atomic mass is 9.90. The zero-order valence-electron chi connectivity index (χ0n) is 14.8. The number of carbonyl (C=O) groups is 1. The van der Waals surface area contributed by atoms with Crippen LogP contribution in [-0.4, -0.2) is 45.2 Å². The molecule has 2 heterocycles. The van der Waals surface area contributed by atoms with Crippen molar-refractivity contribution in [1.82, 2.24) is 14.5 Å². The van der Waals surface area contributed by atoms with Gasteiger partial charge < -0.3 is 19.3 Å². The Balaban J connectivity index is 1.56. The summed E-state index contributed by atoms with van der Waals surface area (Å²) in [6.45, 7) is 1.46. The zero-order valence-corrected chi connectivity index (χ0v) is 14.8. The number of amides is 1. The maximum absolute atomic E-state index is 12.7. The van der Waals surface area contributed by atoms with Gasteiger partial charge in [0.05, 0.1) is 0 Å². The minimum atomic E-state index is -0.597. The summed E-state index contributed by atoms with van der Waals surface area (Å²) in [7, 11) is 1.88. The molecule has 136 valence electrons. The second-order valence-electron chi connectivity index (χ2n) is 6.49. The van der Waals surface area contributed by atoms with Gasteiger partial charge in [-0.15, -0.1) is 6.42 Å². The van der Waals surface area contributed by atoms with Crippen LogP contribution in [0.2, 0.25) is 0 Å². The molecular formula is C20H23N3O3. The number of aliphatic hydroxyl groups excluding tert-OH is 1. The number of hydrogen-bond acceptors (Lipinski definition) is 4. The molecular weight excluding hydrogens is 330 g/mol. The Labute approximate surface area is 153 Å². The number of carbonyl (C=O) groups excluding carboxylic acids is 1. The molecule has 1 aliphatic heterocycles. The minimum absolute atomic E-state index is 0.00145. The van der Waals surface area contributed by atoms with E-state index in [0.29, 0.717) is 30.2 Å². The van der Waals surface area contributed by atoms with E-state index < -0.39 is 6.10 Å². The summed E-state index contributed by atoms with van der Waals surface area (Å²) in [5.74, 6) is 3.85. The van der Waals surface area contributed by atoms with Gasteiger partial charge in [0.15, 0.2) is 0 Å². The second kappa shape index (κ2) is 8.07. The lowest BCUT2D eigenvalue weighted by molar-refractivity contribution is 0.0420. The van der Waals surface area contributed by atoms with Crippen LogP contribution < -0.4 is 4.74 Å². The summed E-state index contributed by atoms with van der Waals surface area (Å²) in [6, 6.07) is 7.01. The van der Waals surface area contributed by atoms with Gasteiger partial charge in [0, 0.05) is 38.1 Å². The first-order valence-electron chi connectivity index (χ1n) is 8.71. The number of ether oxygens (including phenoxy) is 1. The van der Waals surface area contributed by atoms with Gasteiger partial charge in [0.25, 0.3) is 5.91 Å². The topological polar surface area (TPSA) is 67.6 Å². The number of aliphatic hydroxyl groups is 1. The first-order chi connectivity index (χ1) is 12.6. The molecule has 1 amide bonds. The molecule has 1 unspecified atom stereocenters. The fourth-order valence-corrected chi connectivity index (χ4v) is 3.29. The van der Waals surface area contributed by atoms with Crippen molar-refractivity contribution in [3.05, 3.63) is 48.0 Å². The number of benzene rings is 1. The lowest BCUT2D eigenvalue weighted by Crippen LogP contribution is -2.40. The van der Waals surface area contributed by atoms with Crippen LogP contribution in [0.25, 0.3) is 0 Å². The molecule has 1 aromatic heterocycles. The molecule has 26 heavy (non-hydrogen) atoms. The number of hydrogen-bond donors (Lipinski definition) is 1. The fourth-order valence-electron chi connectivity index (χ4n) is 3.29. The maximum atomic E-state index is 12.7. The Morgan fingerprint density at radius 3 is 2.65 bits per heavy atom. The van der Waals surface area contributed by atoms with E-state index >= 15 is 0 Å². The van der Waals surface area contributed by atoms with Crippen molar-refractivity contribution < 1.29 is 14.6 Å². The summed E-state index contributed by atoms with van der Waals surface area (Å²) < 4.78 is 7.16. The molecule has 0 radical (unpaired) electrons. The summed E-state index contributed by atoms with van der Waals surface area (Å²) in [5, 5.41) is 10.5. The van der Waals surface area contributed by atoms with Gasteiger partial charge in [-0.05, 0) is 43.0 Å². The van der Waals surface area contributed by atoms with E-state index in [9.17, 15) is 9.90 Å². The van der Waals surface area contributed by atoms with E-state index in [1.54, 1.807) is 30.5 Å². The standard InChI is InChI=1S/C20H23N3O3/c1-3-14-26-17-6-4-16(5-7-17)20(25)23-11-8-15(9-12-23)18(24)19-21-10-13-22(19)2/h1,4-7,10,13,15,18,24H,8-9,11-12,14H2,2H3. The Kier molecular flexibility index (Phi) is 5.59. The van der Waals surface area contributed by atoms with Crippen molar-refractivity contribution in [1.29, 1.82) is 0 Å². The molecule has 2 aromatic rings. The SMILES string of the molecule is C#CCOc1ccc(C(=O)N2CCC(C(O)c3nccn3C)CC2)cc1. The number of likely N-dealkylation sites (tertiary alicyclic amines) is 1. The number of aromatic nitrogens is 2. The van der Waals surface area contributed by atoms with Crippen molar-refractivity contribution in [2.45, 2.75) is 18.9 Å². The van der Waals surface area contributed by atoms with Crippen LogP contribution in [0, 0.1) is 18.3 Å². The molecule has 1 aromatic carbocycles. The Morgan fingerprint density at radius 1 is 1.38 bits per heavy atom. The van der Waals surface area contributed by atoms with Crippen molar-refractivity contribution >= 4 is 5.91 Å². The highest BCUT2D eigenvalue weighted by atomic mass is 16.5. The number of rotatable bonds is 5. The van der Waals surface area contributed by atoms with Crippen LogP contribution in [0.4, 0.5) is 0 Å². The Hall–Kier alpha value is -2.78. The molecule has 0 spiro atoms. The highest BCUT2D eigenvalue weighted by molar-refractivity contribution is 5.94. The molecule has 6 heteroatoms. The third kappa shape index (κ3) is 3.89. The summed E-state index contributed by atoms with van der Waals surface area (Å²) in [6.07, 6.45) is 9.59. The Bertz CT molecular complexity index is 783. The van der Waals surface area contributed by atoms with Crippen molar-refractivity contribution in [2.75, 3.05) is 19.7 Å². The number of terminal acetylenes is 1. The molecule has 1 atom stereocenters. The van der Waals surface area contributed by atoms with Crippen molar-refractivity contribution in [2.24, 2.45) is 13.0 Å². The van der Waals surface area contributed by atoms with Gasteiger partial charge in [0.1, 0.15) is 24.3 Å². The summed E-state index contributed by atoms with van der Waals surface area (Å²) in [4.78, 5) is 18.7. The highest BCUT2D eigenvalue weighted by Crippen LogP contribution is 2.30. The monoisotopic (exact) mass is 353 g/mol. The summed E-state index contributed by atoms with van der Waals surface area (Å²) in [5.41, 5.74) is 0.626. The quantitative estimate of drug-likeness (QED) is 0.835. The average Bonchev–Trinajstić information content (AvgIpc) is 3.11. The third-order valence-corrected chi connectivity index (χ3v) is 4.82. The van der Waals surface area contributed by atoms with Crippen molar-refractivity contribution in [3.63, 3.8) is 0 Å². The molecule has 1 aliphatic rings. The molecule has 1 N–H and O–H groups in total. The largest absolute Gasteiger partial charge is 0.481 e. The van der Waals surface area contributed by atoms with E-state index in [2.05, 4.69) is 10.9 Å². The van der Waals surface area contributed by atoms with E-state index in [4.69, 9.17) is 11.2 Å². The van der Waals surface area contributed by atoms with Crippen LogP contribution in [0.3, 0.4) is 0 Å². The fraction of sp³-hybridized carbons (Fsp3) is 0.400. The average molecular weight is 353 g/mol. The molecule has 3 rings (SSSR count). The number of piperidine rings is 1. The molecule has 1 saturated heterocycles. The molecule has 0 saturated carbocycles. The molecule has 1 fully saturated rings. The minimum Gasteiger partial charge on any atom is -0.481 e. The van der Waals surface area contributed by atoms with Gasteiger partial charge in [-0.3, -0.25) is 4.79 Å². The van der Waals surface area contributed by atoms with Crippen LogP contribution in [0.5, 0.6) is 5.75 Å². The van der Waals surface area contributed by atoms with Crippen molar-refractivity contribution in [3.8, 4) is 18.1 Å². The first-order valence-corrected chi connectivity index (χ1v) is 8.71. The molecule has 6 nitrogen and oxygen atoms in total. The van der Waals surface area contributed by atoms with Gasteiger partial charge in [-0.1, -0.05) is 5.92 Å². The Morgan fingerprint density at radius 2 is 2.08 bits per heavy atom. The summed E-state index contributed by atoms with van der Waals surface area (Å²) >= 11 is 0. The van der Waals surface area contributed by atoms with Crippen LogP contribution in [-0.2, 0) is 7.05 Å². The van der Waals surface area contributed by atoms with E-state index in [-0.39, 0.29) is 18.4 Å². The van der Waals surface area contributed by atoms with E-state index in [1.165, 1.54) is 0 Å². The molecule has 0 aliphatic carbocycles. The molecule has 0 bridgehead atoms. The number of nitrogens with zero attached hydrogens (tertiary/aromatic N) is 3. The normalized spacial score (nSPS) is 16.1. The second-order valence-corrected chi connectivity index (χ2v) is 6.49. The predicted molar refractivity (Wildman–Crippen MR) is 97.6 cm³/mol. The smallest absolute Gasteiger partial charge is 0.253 e. The zero-order chi connectivity index (χ0) is 18.5. The van der Waals surface area contributed by atoms with Gasteiger partial charge in [-0.25, -0.2) is 4.98 Å². The third-order valence-electron chi connectivity index (χ3n) is 4.82. The van der Waals surface area contributed by atoms with Gasteiger partial charge in [-0.2, -0.15) is 0 Å². The van der Waals surface area contributed by atoms with E-state index in [0.717, 1.165) is 12.8 Å². The predicted octanol–water partition coefficient (Wildman–Crippen LogP) is 2.02. The van der Waals surface area contributed by atoms with Gasteiger partial charge >= 0.3 is 0 Å². The first kappa shape index (κ1) is 18.0. The number of aryl methyl sites for hydroxylation is 1. The lowest BCUT2D eigenvalue weighted by Gasteiger charge is -2.34. The van der Waals surface area contributed by atoms with Crippen LogP contribution in [0.1, 0.15) is 35.1 Å². The van der Waals surface area contributed by atoms with Crippen LogP contribution >= 0.6 is 0 Å². The van der Waals surface area contributed by atoms with Gasteiger partial charge in [0.2, 0.25) is 0 Å². The number of imidazole rings is 1. The highest BCUT2D eigenvalue weighted by Gasteiger charge is 2.30. The van der Waals surface area contributed by atoms with E-state index in [1.807, 2.05) is 22.7 Å². The maximum Gasteiger partial charge on any atom is 0.253 e.